The number of aliphatic hydroxyl groups excluding tert-OH is 1. The minimum absolute atomic E-state index is 0.0432. The van der Waals surface area contributed by atoms with Gasteiger partial charge in [0.15, 0.2) is 6.61 Å². The van der Waals surface area contributed by atoms with Gasteiger partial charge >= 0.3 is 0 Å². The number of aryl methyl sites for hydroxylation is 1. The van der Waals surface area contributed by atoms with Crippen molar-refractivity contribution in [2.24, 2.45) is 5.92 Å². The quantitative estimate of drug-likeness (QED) is 0.868. The molecule has 4 nitrogen and oxygen atoms in total. The van der Waals surface area contributed by atoms with Crippen LogP contribution in [0, 0.1) is 12.8 Å². The van der Waals surface area contributed by atoms with Gasteiger partial charge in [0.1, 0.15) is 5.75 Å². The second-order valence-electron chi connectivity index (χ2n) is 5.02. The lowest BCUT2D eigenvalue weighted by Crippen LogP contribution is -2.39. The maximum absolute atomic E-state index is 11.6. The van der Waals surface area contributed by atoms with Crippen LogP contribution in [0.1, 0.15) is 18.4 Å². The van der Waals surface area contributed by atoms with Crippen LogP contribution < -0.4 is 10.1 Å². The molecule has 0 atom stereocenters. The summed E-state index contributed by atoms with van der Waals surface area (Å²) < 4.78 is 5.39. The van der Waals surface area contributed by atoms with Gasteiger partial charge in [-0.25, -0.2) is 0 Å². The molecule has 1 aromatic rings. The molecule has 0 saturated heterocycles. The zero-order chi connectivity index (χ0) is 13.8. The van der Waals surface area contributed by atoms with Gasteiger partial charge in [-0.2, -0.15) is 0 Å². The van der Waals surface area contributed by atoms with Crippen molar-refractivity contribution >= 4 is 17.5 Å². The standard InChI is InChI=1S/C14H18ClNO3/c1-9-2-3-12(15)13(4-9)19-8-14(18)16-7-10-5-11(17)6-10/h2-4,10-11,17H,5-8H2,1H3,(H,16,18). The SMILES string of the molecule is Cc1ccc(Cl)c(OCC(=O)NCC2CC(O)C2)c1. The smallest absolute Gasteiger partial charge is 0.257 e. The van der Waals surface area contributed by atoms with Crippen molar-refractivity contribution in [2.75, 3.05) is 13.2 Å². The van der Waals surface area contributed by atoms with Crippen molar-refractivity contribution in [1.29, 1.82) is 0 Å². The maximum atomic E-state index is 11.6. The lowest BCUT2D eigenvalue weighted by Gasteiger charge is -2.31. The van der Waals surface area contributed by atoms with Gasteiger partial charge in [-0.05, 0) is 43.4 Å². The van der Waals surface area contributed by atoms with Crippen molar-refractivity contribution in [3.63, 3.8) is 0 Å². The van der Waals surface area contributed by atoms with Gasteiger partial charge in [0.05, 0.1) is 11.1 Å². The van der Waals surface area contributed by atoms with Crippen LogP contribution in [0.15, 0.2) is 18.2 Å². The number of amides is 1. The first-order chi connectivity index (χ1) is 9.04. The molecule has 2 N–H and O–H groups in total. The minimum Gasteiger partial charge on any atom is -0.482 e. The minimum atomic E-state index is -0.191. The van der Waals surface area contributed by atoms with E-state index in [2.05, 4.69) is 5.32 Å². The highest BCUT2D eigenvalue weighted by Crippen LogP contribution is 2.26. The molecule has 0 aromatic heterocycles. The number of hydrogen-bond donors (Lipinski definition) is 2. The van der Waals surface area contributed by atoms with Crippen LogP contribution in [-0.2, 0) is 4.79 Å². The molecular weight excluding hydrogens is 266 g/mol. The van der Waals surface area contributed by atoms with E-state index >= 15 is 0 Å². The molecule has 1 amide bonds. The Balaban J connectivity index is 1.72. The summed E-state index contributed by atoms with van der Waals surface area (Å²) in [4.78, 5) is 11.6. The molecule has 1 saturated carbocycles. The Morgan fingerprint density at radius 1 is 1.53 bits per heavy atom. The first-order valence-corrected chi connectivity index (χ1v) is 6.76. The molecular formula is C14H18ClNO3. The number of benzene rings is 1. The maximum Gasteiger partial charge on any atom is 0.257 e. The van der Waals surface area contributed by atoms with E-state index in [0.717, 1.165) is 18.4 Å². The molecule has 0 spiro atoms. The molecule has 0 unspecified atom stereocenters. The molecule has 1 aliphatic rings. The number of rotatable bonds is 5. The molecule has 5 heteroatoms. The third kappa shape index (κ3) is 4.11. The number of halogens is 1. The van der Waals surface area contributed by atoms with Gasteiger partial charge in [-0.3, -0.25) is 4.79 Å². The third-order valence-corrected chi connectivity index (χ3v) is 3.56. The van der Waals surface area contributed by atoms with E-state index in [4.69, 9.17) is 21.4 Å². The topological polar surface area (TPSA) is 58.6 Å². The highest BCUT2D eigenvalue weighted by Gasteiger charge is 2.27. The Bertz CT molecular complexity index is 458. The lowest BCUT2D eigenvalue weighted by molar-refractivity contribution is -0.123. The number of carbonyl (C=O) groups excluding carboxylic acids is 1. The van der Waals surface area contributed by atoms with Crippen LogP contribution in [0.4, 0.5) is 0 Å². The normalized spacial score (nSPS) is 21.6. The number of ether oxygens (including phenoxy) is 1. The van der Waals surface area contributed by atoms with Gasteiger partial charge in [-0.1, -0.05) is 17.7 Å². The van der Waals surface area contributed by atoms with Crippen molar-refractivity contribution in [3.05, 3.63) is 28.8 Å². The van der Waals surface area contributed by atoms with Crippen LogP contribution in [0.2, 0.25) is 5.02 Å². The van der Waals surface area contributed by atoms with E-state index in [-0.39, 0.29) is 18.6 Å². The van der Waals surface area contributed by atoms with Crippen LogP contribution in [0.25, 0.3) is 0 Å². The third-order valence-electron chi connectivity index (χ3n) is 3.24. The average molecular weight is 284 g/mol. The van der Waals surface area contributed by atoms with Crippen LogP contribution in [0.5, 0.6) is 5.75 Å². The van der Waals surface area contributed by atoms with E-state index in [1.165, 1.54) is 0 Å². The zero-order valence-electron chi connectivity index (χ0n) is 10.9. The van der Waals surface area contributed by atoms with Gasteiger partial charge in [0.25, 0.3) is 5.91 Å². The van der Waals surface area contributed by atoms with E-state index < -0.39 is 0 Å². The summed E-state index contributed by atoms with van der Waals surface area (Å²) in [6.45, 7) is 2.49. The summed E-state index contributed by atoms with van der Waals surface area (Å²) in [5, 5.41) is 12.4. The van der Waals surface area contributed by atoms with E-state index in [1.807, 2.05) is 13.0 Å². The van der Waals surface area contributed by atoms with Gasteiger partial charge in [0.2, 0.25) is 0 Å². The Labute approximate surface area is 117 Å². The van der Waals surface area contributed by atoms with Crippen molar-refractivity contribution in [2.45, 2.75) is 25.9 Å². The largest absolute Gasteiger partial charge is 0.482 e. The van der Waals surface area contributed by atoms with Gasteiger partial charge in [0, 0.05) is 6.54 Å². The summed E-state index contributed by atoms with van der Waals surface area (Å²) in [5.74, 6) is 0.747. The van der Waals surface area contributed by atoms with Gasteiger partial charge in [-0.15, -0.1) is 0 Å². The monoisotopic (exact) mass is 283 g/mol. The Hall–Kier alpha value is -1.26. The molecule has 104 valence electrons. The highest BCUT2D eigenvalue weighted by molar-refractivity contribution is 6.32. The molecule has 2 rings (SSSR count). The summed E-state index contributed by atoms with van der Waals surface area (Å²) in [6.07, 6.45) is 1.35. The average Bonchev–Trinajstić information content (AvgIpc) is 2.34. The first-order valence-electron chi connectivity index (χ1n) is 6.38. The Morgan fingerprint density at radius 3 is 2.95 bits per heavy atom. The van der Waals surface area contributed by atoms with Crippen LogP contribution in [0.3, 0.4) is 0 Å². The number of aliphatic hydroxyl groups is 1. The van der Waals surface area contributed by atoms with Crippen molar-refractivity contribution in [3.8, 4) is 5.75 Å². The summed E-state index contributed by atoms with van der Waals surface area (Å²) in [6, 6.07) is 5.44. The Kier molecular flexibility index (Phi) is 4.66. The first kappa shape index (κ1) is 14.2. The predicted octanol–water partition coefficient (Wildman–Crippen LogP) is 1.91. The molecule has 1 aromatic carbocycles. The molecule has 0 aliphatic heterocycles. The predicted molar refractivity (Wildman–Crippen MR) is 73.4 cm³/mol. The van der Waals surface area contributed by atoms with Gasteiger partial charge < -0.3 is 15.2 Å². The van der Waals surface area contributed by atoms with E-state index in [9.17, 15) is 4.79 Å². The number of hydrogen-bond acceptors (Lipinski definition) is 3. The van der Waals surface area contributed by atoms with Crippen LogP contribution >= 0.6 is 11.6 Å². The number of nitrogens with one attached hydrogen (secondary N) is 1. The second-order valence-corrected chi connectivity index (χ2v) is 5.43. The summed E-state index contributed by atoms with van der Waals surface area (Å²) in [7, 11) is 0. The summed E-state index contributed by atoms with van der Waals surface area (Å²) >= 11 is 5.97. The fourth-order valence-electron chi connectivity index (χ4n) is 2.04. The molecule has 19 heavy (non-hydrogen) atoms. The molecule has 0 bridgehead atoms. The fraction of sp³-hybridized carbons (Fsp3) is 0.500. The fourth-order valence-corrected chi connectivity index (χ4v) is 2.21. The lowest BCUT2D eigenvalue weighted by atomic mass is 9.82. The number of carbonyl (C=O) groups is 1. The van der Waals surface area contributed by atoms with Crippen LogP contribution in [-0.4, -0.2) is 30.3 Å². The summed E-state index contributed by atoms with van der Waals surface area (Å²) in [5.41, 5.74) is 1.03. The molecule has 0 radical (unpaired) electrons. The Morgan fingerprint density at radius 2 is 2.26 bits per heavy atom. The zero-order valence-corrected chi connectivity index (χ0v) is 11.6. The van der Waals surface area contributed by atoms with E-state index in [0.29, 0.717) is 23.2 Å². The molecule has 0 heterocycles. The molecule has 1 fully saturated rings. The second kappa shape index (κ2) is 6.26. The van der Waals surface area contributed by atoms with Crippen molar-refractivity contribution in [1.82, 2.24) is 5.32 Å². The molecule has 1 aliphatic carbocycles. The highest BCUT2D eigenvalue weighted by atomic mass is 35.5. The van der Waals surface area contributed by atoms with Crippen molar-refractivity contribution < 1.29 is 14.6 Å². The van der Waals surface area contributed by atoms with E-state index in [1.54, 1.807) is 12.1 Å².